The second kappa shape index (κ2) is 4.93. The van der Waals surface area contributed by atoms with E-state index in [1.807, 2.05) is 6.07 Å². The maximum absolute atomic E-state index is 13.2. The van der Waals surface area contributed by atoms with E-state index in [1.165, 1.54) is 5.56 Å². The van der Waals surface area contributed by atoms with Gasteiger partial charge in [0.1, 0.15) is 5.82 Å². The number of hydrogen-bond donors (Lipinski definition) is 1. The minimum Gasteiger partial charge on any atom is -0.383 e. The van der Waals surface area contributed by atoms with Gasteiger partial charge in [0, 0.05) is 13.2 Å². The molecule has 0 saturated carbocycles. The molecule has 0 spiro atoms. The van der Waals surface area contributed by atoms with Gasteiger partial charge in [-0.25, -0.2) is 4.39 Å². The van der Waals surface area contributed by atoms with Gasteiger partial charge in [0.2, 0.25) is 0 Å². The largest absolute Gasteiger partial charge is 0.383 e. The summed E-state index contributed by atoms with van der Waals surface area (Å²) in [5, 5.41) is 3.50. The number of fused-ring (bicyclic) bond motifs is 1. The Kier molecular flexibility index (Phi) is 3.56. The number of hydrogen-bond acceptors (Lipinski definition) is 2. The maximum atomic E-state index is 13.2. The topological polar surface area (TPSA) is 21.3 Å². The minimum atomic E-state index is -0.170. The van der Waals surface area contributed by atoms with Crippen molar-refractivity contribution in [2.24, 2.45) is 0 Å². The van der Waals surface area contributed by atoms with Gasteiger partial charge in [-0.1, -0.05) is 13.0 Å². The lowest BCUT2D eigenvalue weighted by molar-refractivity contribution is 0.155. The molecule has 2 nitrogen and oxygen atoms in total. The summed E-state index contributed by atoms with van der Waals surface area (Å²) in [5.74, 6) is -0.170. The standard InChI is InChI=1S/C13H18FNO/c1-3-11-6-9-4-5-10(14)7-12(9)13(15-11)8-16-2/h4-5,7,11,13,15H,3,6,8H2,1-2H3. The molecule has 0 amide bonds. The van der Waals surface area contributed by atoms with Gasteiger partial charge in [-0.15, -0.1) is 0 Å². The molecule has 1 heterocycles. The Bertz CT molecular complexity index is 367. The third-order valence-corrected chi connectivity index (χ3v) is 3.21. The maximum Gasteiger partial charge on any atom is 0.123 e. The average Bonchev–Trinajstić information content (AvgIpc) is 2.30. The van der Waals surface area contributed by atoms with Crippen molar-refractivity contribution in [3.05, 3.63) is 35.1 Å². The molecule has 0 radical (unpaired) electrons. The Morgan fingerprint density at radius 3 is 3.00 bits per heavy atom. The normalized spacial score (nSPS) is 24.2. The van der Waals surface area contributed by atoms with Crippen LogP contribution in [-0.4, -0.2) is 19.8 Å². The lowest BCUT2D eigenvalue weighted by Crippen LogP contribution is -2.40. The van der Waals surface area contributed by atoms with E-state index >= 15 is 0 Å². The van der Waals surface area contributed by atoms with E-state index in [4.69, 9.17) is 4.74 Å². The average molecular weight is 223 g/mol. The quantitative estimate of drug-likeness (QED) is 0.849. The Hall–Kier alpha value is -0.930. The predicted octanol–water partition coefficient (Wildman–Crippen LogP) is 2.44. The number of methoxy groups -OCH3 is 1. The van der Waals surface area contributed by atoms with Crippen LogP contribution in [-0.2, 0) is 11.2 Å². The van der Waals surface area contributed by atoms with Crippen LogP contribution in [0.25, 0.3) is 0 Å². The third kappa shape index (κ3) is 2.25. The van der Waals surface area contributed by atoms with E-state index in [0.717, 1.165) is 18.4 Å². The number of nitrogens with one attached hydrogen (secondary N) is 1. The van der Waals surface area contributed by atoms with Gasteiger partial charge < -0.3 is 10.1 Å². The molecule has 1 N–H and O–H groups in total. The van der Waals surface area contributed by atoms with Gasteiger partial charge >= 0.3 is 0 Å². The molecular weight excluding hydrogens is 205 g/mol. The lowest BCUT2D eigenvalue weighted by atomic mass is 9.89. The van der Waals surface area contributed by atoms with Crippen LogP contribution in [0.2, 0.25) is 0 Å². The highest BCUT2D eigenvalue weighted by molar-refractivity contribution is 5.34. The first-order chi connectivity index (χ1) is 7.74. The fourth-order valence-corrected chi connectivity index (χ4v) is 2.34. The van der Waals surface area contributed by atoms with Crippen molar-refractivity contribution in [1.82, 2.24) is 5.32 Å². The molecule has 88 valence electrons. The summed E-state index contributed by atoms with van der Waals surface area (Å²) in [4.78, 5) is 0. The van der Waals surface area contributed by atoms with Crippen molar-refractivity contribution in [2.75, 3.05) is 13.7 Å². The summed E-state index contributed by atoms with van der Waals surface area (Å²) >= 11 is 0. The first-order valence-corrected chi connectivity index (χ1v) is 5.78. The van der Waals surface area contributed by atoms with Gasteiger partial charge in [-0.3, -0.25) is 0 Å². The molecule has 1 aromatic carbocycles. The molecule has 1 aliphatic heterocycles. The summed E-state index contributed by atoms with van der Waals surface area (Å²) in [6.45, 7) is 2.75. The van der Waals surface area contributed by atoms with Crippen molar-refractivity contribution in [3.8, 4) is 0 Å². The van der Waals surface area contributed by atoms with Gasteiger partial charge in [0.15, 0.2) is 0 Å². The highest BCUT2D eigenvalue weighted by Crippen LogP contribution is 2.27. The highest BCUT2D eigenvalue weighted by atomic mass is 19.1. The summed E-state index contributed by atoms with van der Waals surface area (Å²) in [6.07, 6.45) is 2.06. The van der Waals surface area contributed by atoms with Crippen molar-refractivity contribution in [1.29, 1.82) is 0 Å². The Morgan fingerprint density at radius 2 is 2.31 bits per heavy atom. The molecule has 2 unspecified atom stereocenters. The third-order valence-electron chi connectivity index (χ3n) is 3.21. The smallest absolute Gasteiger partial charge is 0.123 e. The van der Waals surface area contributed by atoms with E-state index in [2.05, 4.69) is 12.2 Å². The van der Waals surface area contributed by atoms with E-state index in [-0.39, 0.29) is 11.9 Å². The summed E-state index contributed by atoms with van der Waals surface area (Å²) in [7, 11) is 1.68. The first-order valence-electron chi connectivity index (χ1n) is 5.78. The number of benzene rings is 1. The van der Waals surface area contributed by atoms with E-state index in [9.17, 15) is 4.39 Å². The second-order valence-corrected chi connectivity index (χ2v) is 4.33. The number of halogens is 1. The Balaban J connectivity index is 2.31. The van der Waals surface area contributed by atoms with Gasteiger partial charge in [0.05, 0.1) is 12.6 Å². The molecule has 1 aromatic rings. The van der Waals surface area contributed by atoms with Gasteiger partial charge in [0.25, 0.3) is 0 Å². The Labute approximate surface area is 95.8 Å². The first kappa shape index (κ1) is 11.6. The van der Waals surface area contributed by atoms with Crippen molar-refractivity contribution >= 4 is 0 Å². The molecule has 0 bridgehead atoms. The van der Waals surface area contributed by atoms with Crippen LogP contribution in [0, 0.1) is 5.82 Å². The van der Waals surface area contributed by atoms with Crippen LogP contribution in [0.15, 0.2) is 18.2 Å². The molecule has 0 aliphatic carbocycles. The van der Waals surface area contributed by atoms with Crippen molar-refractivity contribution < 1.29 is 9.13 Å². The van der Waals surface area contributed by atoms with Crippen molar-refractivity contribution in [2.45, 2.75) is 31.8 Å². The predicted molar refractivity (Wildman–Crippen MR) is 61.9 cm³/mol. The van der Waals surface area contributed by atoms with E-state index in [1.54, 1.807) is 19.2 Å². The van der Waals surface area contributed by atoms with Crippen molar-refractivity contribution in [3.63, 3.8) is 0 Å². The van der Waals surface area contributed by atoms with E-state index in [0.29, 0.717) is 12.6 Å². The molecule has 0 aromatic heterocycles. The van der Waals surface area contributed by atoms with Crippen LogP contribution in [0.1, 0.15) is 30.5 Å². The number of rotatable bonds is 3. The molecule has 2 rings (SSSR count). The molecule has 3 heteroatoms. The lowest BCUT2D eigenvalue weighted by Gasteiger charge is -2.32. The zero-order valence-electron chi connectivity index (χ0n) is 9.79. The minimum absolute atomic E-state index is 0.120. The molecule has 1 aliphatic rings. The number of ether oxygens (including phenoxy) is 1. The van der Waals surface area contributed by atoms with Crippen LogP contribution >= 0.6 is 0 Å². The summed E-state index contributed by atoms with van der Waals surface area (Å²) in [6, 6.07) is 5.66. The fourth-order valence-electron chi connectivity index (χ4n) is 2.34. The van der Waals surface area contributed by atoms with Crippen LogP contribution in [0.5, 0.6) is 0 Å². The molecule has 0 saturated heterocycles. The Morgan fingerprint density at radius 1 is 1.50 bits per heavy atom. The van der Waals surface area contributed by atoms with Gasteiger partial charge in [-0.05, 0) is 36.1 Å². The second-order valence-electron chi connectivity index (χ2n) is 4.33. The van der Waals surface area contributed by atoms with E-state index < -0.39 is 0 Å². The SMILES string of the molecule is CCC1Cc2ccc(F)cc2C(COC)N1. The van der Waals surface area contributed by atoms with Crippen LogP contribution < -0.4 is 5.32 Å². The summed E-state index contributed by atoms with van der Waals surface area (Å²) < 4.78 is 18.4. The zero-order chi connectivity index (χ0) is 11.5. The van der Waals surface area contributed by atoms with Crippen LogP contribution in [0.3, 0.4) is 0 Å². The van der Waals surface area contributed by atoms with Gasteiger partial charge in [-0.2, -0.15) is 0 Å². The summed E-state index contributed by atoms with van der Waals surface area (Å²) in [5.41, 5.74) is 2.29. The molecule has 0 fully saturated rings. The fraction of sp³-hybridized carbons (Fsp3) is 0.538. The molecule has 2 atom stereocenters. The van der Waals surface area contributed by atoms with Crippen LogP contribution in [0.4, 0.5) is 4.39 Å². The highest BCUT2D eigenvalue weighted by Gasteiger charge is 2.25. The molecular formula is C13H18FNO. The monoisotopic (exact) mass is 223 g/mol. The molecule has 16 heavy (non-hydrogen) atoms. The zero-order valence-corrected chi connectivity index (χ0v) is 9.79.